The summed E-state index contributed by atoms with van der Waals surface area (Å²) < 4.78 is 52.3. The van der Waals surface area contributed by atoms with E-state index >= 15 is 0 Å². The van der Waals surface area contributed by atoms with Crippen LogP contribution in [0.25, 0.3) is 0 Å². The lowest BCUT2D eigenvalue weighted by atomic mass is 10.2. The van der Waals surface area contributed by atoms with E-state index in [0.717, 1.165) is 22.0 Å². The summed E-state index contributed by atoms with van der Waals surface area (Å²) in [6.07, 6.45) is 0. The van der Waals surface area contributed by atoms with Crippen molar-refractivity contribution in [3.05, 3.63) is 64.7 Å². The topological polar surface area (TPSA) is 60.9 Å². The number of rotatable bonds is 6. The predicted octanol–water partition coefficient (Wildman–Crippen LogP) is 2.58. The van der Waals surface area contributed by atoms with Gasteiger partial charge in [0.15, 0.2) is 0 Å². The molecule has 0 radical (unpaired) electrons. The summed E-state index contributed by atoms with van der Waals surface area (Å²) >= 11 is 6.07. The zero-order valence-corrected chi connectivity index (χ0v) is 18.0. The Morgan fingerprint density at radius 3 is 2.23 bits per heavy atom. The lowest BCUT2D eigenvalue weighted by Crippen LogP contribution is -2.51. The third-order valence-electron chi connectivity index (χ3n) is 5.01. The van der Waals surface area contributed by atoms with Gasteiger partial charge in [-0.05, 0) is 42.0 Å². The molecule has 0 bridgehead atoms. The van der Waals surface area contributed by atoms with E-state index in [9.17, 15) is 22.0 Å². The third-order valence-corrected chi connectivity index (χ3v) is 7.18. The van der Waals surface area contributed by atoms with Gasteiger partial charge in [0.1, 0.15) is 11.6 Å². The molecule has 1 saturated heterocycles. The second-order valence-electron chi connectivity index (χ2n) is 7.11. The van der Waals surface area contributed by atoms with Gasteiger partial charge in [0.25, 0.3) is 0 Å². The first-order valence-electron chi connectivity index (χ1n) is 9.33. The molecule has 6 nitrogen and oxygen atoms in total. The largest absolute Gasteiger partial charge is 0.339 e. The number of amides is 1. The quantitative estimate of drug-likeness (QED) is 0.669. The number of likely N-dealkylation sites (N-methyl/N-ethyl adjacent to an activating group) is 1. The van der Waals surface area contributed by atoms with E-state index in [1.807, 2.05) is 0 Å². The van der Waals surface area contributed by atoms with Crippen LogP contribution in [0.4, 0.5) is 8.78 Å². The summed E-state index contributed by atoms with van der Waals surface area (Å²) in [4.78, 5) is 16.2. The molecule has 1 aliphatic rings. The van der Waals surface area contributed by atoms with Crippen LogP contribution < -0.4 is 0 Å². The number of hydrogen-bond donors (Lipinski definition) is 0. The van der Waals surface area contributed by atoms with Crippen LogP contribution in [0.5, 0.6) is 0 Å². The van der Waals surface area contributed by atoms with Crippen molar-refractivity contribution in [3.63, 3.8) is 0 Å². The molecule has 162 valence electrons. The van der Waals surface area contributed by atoms with Crippen LogP contribution in [0.1, 0.15) is 5.56 Å². The van der Waals surface area contributed by atoms with Crippen LogP contribution in [0.2, 0.25) is 5.02 Å². The van der Waals surface area contributed by atoms with Crippen LogP contribution in [0.3, 0.4) is 0 Å². The Labute approximate surface area is 179 Å². The van der Waals surface area contributed by atoms with E-state index in [-0.39, 0.29) is 23.2 Å². The number of carbonyl (C=O) groups is 1. The molecule has 0 aromatic heterocycles. The number of nitrogens with zero attached hydrogens (tertiary/aromatic N) is 3. The third kappa shape index (κ3) is 5.34. The Bertz CT molecular complexity index is 1010. The van der Waals surface area contributed by atoms with Crippen LogP contribution >= 0.6 is 11.6 Å². The number of benzene rings is 2. The van der Waals surface area contributed by atoms with Crippen LogP contribution in [-0.4, -0.2) is 68.2 Å². The van der Waals surface area contributed by atoms with Crippen LogP contribution in [-0.2, 0) is 21.4 Å². The van der Waals surface area contributed by atoms with Gasteiger partial charge < -0.3 is 4.90 Å². The van der Waals surface area contributed by atoms with E-state index in [4.69, 9.17) is 11.6 Å². The van der Waals surface area contributed by atoms with Crippen molar-refractivity contribution in [2.75, 3.05) is 39.8 Å². The highest BCUT2D eigenvalue weighted by atomic mass is 35.5. The Balaban J connectivity index is 1.54. The van der Waals surface area contributed by atoms with E-state index in [1.165, 1.54) is 31.3 Å². The average molecular weight is 458 g/mol. The highest BCUT2D eigenvalue weighted by Gasteiger charge is 2.27. The van der Waals surface area contributed by atoms with Gasteiger partial charge >= 0.3 is 0 Å². The van der Waals surface area contributed by atoms with Crippen molar-refractivity contribution in [2.45, 2.75) is 11.4 Å². The molecule has 1 aliphatic heterocycles. The van der Waals surface area contributed by atoms with E-state index in [0.29, 0.717) is 37.7 Å². The molecule has 30 heavy (non-hydrogen) atoms. The SMILES string of the molecule is CN(CC(=O)N1CCN(Cc2ccc(F)cc2Cl)CC1)S(=O)(=O)c1ccc(F)cc1. The van der Waals surface area contributed by atoms with Crippen LogP contribution in [0.15, 0.2) is 47.4 Å². The number of hydrogen-bond acceptors (Lipinski definition) is 4. The van der Waals surface area contributed by atoms with Gasteiger partial charge in [-0.3, -0.25) is 9.69 Å². The molecular weight excluding hydrogens is 436 g/mol. The fraction of sp³-hybridized carbons (Fsp3) is 0.350. The first-order chi connectivity index (χ1) is 14.2. The van der Waals surface area contributed by atoms with E-state index < -0.39 is 15.8 Å². The number of carbonyl (C=O) groups excluding carboxylic acids is 1. The summed E-state index contributed by atoms with van der Waals surface area (Å²) in [5, 5.41) is 0.362. The van der Waals surface area contributed by atoms with Crippen molar-refractivity contribution < 1.29 is 22.0 Å². The maximum absolute atomic E-state index is 13.2. The van der Waals surface area contributed by atoms with Gasteiger partial charge in [0.2, 0.25) is 15.9 Å². The first kappa shape index (κ1) is 22.6. The zero-order valence-electron chi connectivity index (χ0n) is 16.4. The van der Waals surface area contributed by atoms with Gasteiger partial charge in [-0.25, -0.2) is 17.2 Å². The van der Waals surface area contributed by atoms with Gasteiger partial charge in [-0.1, -0.05) is 17.7 Å². The summed E-state index contributed by atoms with van der Waals surface area (Å²) in [5.74, 6) is -1.23. The Morgan fingerprint density at radius 2 is 1.63 bits per heavy atom. The fourth-order valence-electron chi connectivity index (χ4n) is 3.21. The molecule has 0 N–H and O–H groups in total. The minimum Gasteiger partial charge on any atom is -0.339 e. The van der Waals surface area contributed by atoms with Gasteiger partial charge in [-0.2, -0.15) is 4.31 Å². The predicted molar refractivity (Wildman–Crippen MR) is 109 cm³/mol. The summed E-state index contributed by atoms with van der Waals surface area (Å²) in [6, 6.07) is 8.75. The second kappa shape index (κ2) is 9.38. The minimum absolute atomic E-state index is 0.0693. The Hall–Kier alpha value is -2.07. The lowest BCUT2D eigenvalue weighted by Gasteiger charge is -2.35. The molecule has 0 aliphatic carbocycles. The number of sulfonamides is 1. The zero-order chi connectivity index (χ0) is 21.9. The molecule has 0 spiro atoms. The fourth-order valence-corrected chi connectivity index (χ4v) is 4.56. The van der Waals surface area contributed by atoms with Gasteiger partial charge in [-0.15, -0.1) is 0 Å². The Kier molecular flexibility index (Phi) is 7.07. The number of piperazine rings is 1. The molecule has 1 fully saturated rings. The highest BCUT2D eigenvalue weighted by molar-refractivity contribution is 7.89. The molecule has 10 heteroatoms. The molecule has 1 amide bonds. The first-order valence-corrected chi connectivity index (χ1v) is 11.1. The van der Waals surface area contributed by atoms with Gasteiger partial charge in [0, 0.05) is 44.8 Å². The molecule has 2 aromatic carbocycles. The minimum atomic E-state index is -3.89. The van der Waals surface area contributed by atoms with Crippen molar-refractivity contribution >= 4 is 27.5 Å². The van der Waals surface area contributed by atoms with Crippen molar-refractivity contribution in [3.8, 4) is 0 Å². The molecule has 2 aromatic rings. The second-order valence-corrected chi connectivity index (χ2v) is 9.56. The smallest absolute Gasteiger partial charge is 0.243 e. The molecule has 0 saturated carbocycles. The van der Waals surface area contributed by atoms with Crippen LogP contribution in [0, 0.1) is 11.6 Å². The molecule has 3 rings (SSSR count). The summed E-state index contributed by atoms with van der Waals surface area (Å²) in [7, 11) is -2.56. The molecule has 1 heterocycles. The monoisotopic (exact) mass is 457 g/mol. The summed E-state index contributed by atoms with van der Waals surface area (Å²) in [5.41, 5.74) is 0.808. The maximum atomic E-state index is 13.2. The van der Waals surface area contributed by atoms with Gasteiger partial charge in [0.05, 0.1) is 11.4 Å². The molecule has 0 unspecified atom stereocenters. The normalized spacial score (nSPS) is 15.6. The van der Waals surface area contributed by atoms with E-state index in [2.05, 4.69) is 4.90 Å². The lowest BCUT2D eigenvalue weighted by molar-refractivity contribution is -0.133. The van der Waals surface area contributed by atoms with Crippen molar-refractivity contribution in [2.24, 2.45) is 0 Å². The molecule has 0 atom stereocenters. The average Bonchev–Trinajstić information content (AvgIpc) is 2.71. The van der Waals surface area contributed by atoms with Crippen molar-refractivity contribution in [1.82, 2.24) is 14.1 Å². The Morgan fingerprint density at radius 1 is 1.03 bits per heavy atom. The van der Waals surface area contributed by atoms with E-state index in [1.54, 1.807) is 11.0 Å². The standard InChI is InChI=1S/C20H22ClF2N3O3S/c1-24(30(28,29)18-6-4-16(22)5-7-18)14-20(27)26-10-8-25(9-11-26)13-15-2-3-17(23)12-19(15)21/h2-7,12H,8-11,13-14H2,1H3. The summed E-state index contributed by atoms with van der Waals surface area (Å²) in [6.45, 7) is 2.31. The highest BCUT2D eigenvalue weighted by Crippen LogP contribution is 2.20. The maximum Gasteiger partial charge on any atom is 0.243 e. The molecular formula is C20H22ClF2N3O3S. The number of halogens is 3. The van der Waals surface area contributed by atoms with Crippen molar-refractivity contribution in [1.29, 1.82) is 0 Å².